The first kappa shape index (κ1) is 15.6. The summed E-state index contributed by atoms with van der Waals surface area (Å²) in [5.74, 6) is -0.975. The van der Waals surface area contributed by atoms with Crippen molar-refractivity contribution in [2.45, 2.75) is 38.8 Å². The van der Waals surface area contributed by atoms with E-state index in [1.807, 2.05) is 13.8 Å². The molecule has 0 aliphatic rings. The van der Waals surface area contributed by atoms with Crippen LogP contribution in [0, 0.1) is 5.82 Å². The molecule has 4 nitrogen and oxygen atoms in total. The minimum atomic E-state index is -0.583. The SMILES string of the molecule is CCC(CC)(CO)NCc1cc(C(N)=O)ccc1F. The molecule has 0 aromatic heterocycles. The van der Waals surface area contributed by atoms with Crippen LogP contribution >= 0.6 is 0 Å². The third-order valence-corrected chi connectivity index (χ3v) is 3.64. The Morgan fingerprint density at radius 3 is 2.53 bits per heavy atom. The molecular weight excluding hydrogens is 247 g/mol. The number of nitrogens with two attached hydrogens (primary N) is 1. The Hall–Kier alpha value is -1.46. The van der Waals surface area contributed by atoms with Crippen LogP contribution in [-0.2, 0) is 6.54 Å². The summed E-state index contributed by atoms with van der Waals surface area (Å²) < 4.78 is 13.7. The number of amides is 1. The predicted octanol–water partition coefficient (Wildman–Crippen LogP) is 1.57. The number of hydrogen-bond acceptors (Lipinski definition) is 3. The summed E-state index contributed by atoms with van der Waals surface area (Å²) in [6.07, 6.45) is 1.47. The van der Waals surface area contributed by atoms with Gasteiger partial charge < -0.3 is 16.2 Å². The Bertz CT molecular complexity index is 437. The molecule has 106 valence electrons. The van der Waals surface area contributed by atoms with Gasteiger partial charge in [0.2, 0.25) is 5.91 Å². The summed E-state index contributed by atoms with van der Waals surface area (Å²) in [6, 6.07) is 4.04. The summed E-state index contributed by atoms with van der Waals surface area (Å²) in [6.45, 7) is 4.15. The van der Waals surface area contributed by atoms with Crippen LogP contribution in [-0.4, -0.2) is 23.2 Å². The van der Waals surface area contributed by atoms with Gasteiger partial charge in [-0.2, -0.15) is 0 Å². The number of primary amides is 1. The van der Waals surface area contributed by atoms with Crippen LogP contribution in [0.4, 0.5) is 4.39 Å². The van der Waals surface area contributed by atoms with Crippen molar-refractivity contribution in [2.24, 2.45) is 5.73 Å². The van der Waals surface area contributed by atoms with Crippen LogP contribution < -0.4 is 11.1 Å². The summed E-state index contributed by atoms with van der Waals surface area (Å²) in [5, 5.41) is 12.6. The van der Waals surface area contributed by atoms with Crippen LogP contribution in [0.1, 0.15) is 42.6 Å². The number of benzene rings is 1. The lowest BCUT2D eigenvalue weighted by Gasteiger charge is -2.31. The van der Waals surface area contributed by atoms with Gasteiger partial charge in [-0.1, -0.05) is 13.8 Å². The van der Waals surface area contributed by atoms with E-state index in [2.05, 4.69) is 5.32 Å². The molecule has 1 aromatic rings. The van der Waals surface area contributed by atoms with E-state index >= 15 is 0 Å². The van der Waals surface area contributed by atoms with Gasteiger partial charge in [-0.05, 0) is 31.0 Å². The van der Waals surface area contributed by atoms with Gasteiger partial charge in [0, 0.05) is 23.2 Å². The van der Waals surface area contributed by atoms with Gasteiger partial charge in [0.1, 0.15) is 5.82 Å². The lowest BCUT2D eigenvalue weighted by Crippen LogP contribution is -2.47. The van der Waals surface area contributed by atoms with Crippen molar-refractivity contribution in [3.05, 3.63) is 35.1 Å². The molecule has 5 heteroatoms. The molecule has 1 amide bonds. The average molecular weight is 268 g/mol. The molecule has 1 rings (SSSR count). The lowest BCUT2D eigenvalue weighted by atomic mass is 9.93. The van der Waals surface area contributed by atoms with Gasteiger partial charge in [-0.15, -0.1) is 0 Å². The maximum atomic E-state index is 13.7. The number of halogens is 1. The molecule has 0 bridgehead atoms. The van der Waals surface area contributed by atoms with E-state index in [1.54, 1.807) is 0 Å². The van der Waals surface area contributed by atoms with E-state index in [4.69, 9.17) is 5.73 Å². The second kappa shape index (κ2) is 6.63. The fourth-order valence-electron chi connectivity index (χ4n) is 1.93. The fraction of sp³-hybridized carbons (Fsp3) is 0.500. The predicted molar refractivity (Wildman–Crippen MR) is 72.2 cm³/mol. The number of carbonyl (C=O) groups excluding carboxylic acids is 1. The maximum Gasteiger partial charge on any atom is 0.248 e. The number of aliphatic hydroxyl groups is 1. The summed E-state index contributed by atoms with van der Waals surface area (Å²) in [4.78, 5) is 11.1. The Morgan fingerprint density at radius 2 is 2.05 bits per heavy atom. The summed E-state index contributed by atoms with van der Waals surface area (Å²) in [5.41, 5.74) is 5.40. The van der Waals surface area contributed by atoms with Crippen molar-refractivity contribution < 1.29 is 14.3 Å². The molecule has 0 atom stereocenters. The smallest absolute Gasteiger partial charge is 0.248 e. The molecule has 0 radical (unpaired) electrons. The van der Waals surface area contributed by atoms with E-state index < -0.39 is 17.3 Å². The van der Waals surface area contributed by atoms with Crippen molar-refractivity contribution in [3.63, 3.8) is 0 Å². The molecule has 0 saturated heterocycles. The van der Waals surface area contributed by atoms with Gasteiger partial charge in [0.15, 0.2) is 0 Å². The molecule has 19 heavy (non-hydrogen) atoms. The third kappa shape index (κ3) is 3.75. The first-order valence-corrected chi connectivity index (χ1v) is 6.42. The zero-order valence-electron chi connectivity index (χ0n) is 11.4. The van der Waals surface area contributed by atoms with Gasteiger partial charge in [0.25, 0.3) is 0 Å². The highest BCUT2D eigenvalue weighted by molar-refractivity contribution is 5.92. The van der Waals surface area contributed by atoms with Crippen molar-refractivity contribution in [1.29, 1.82) is 0 Å². The van der Waals surface area contributed by atoms with Gasteiger partial charge in [-0.25, -0.2) is 4.39 Å². The van der Waals surface area contributed by atoms with Crippen LogP contribution in [0.2, 0.25) is 0 Å². The van der Waals surface area contributed by atoms with Crippen LogP contribution in [0.25, 0.3) is 0 Å². The molecule has 4 N–H and O–H groups in total. The highest BCUT2D eigenvalue weighted by Crippen LogP contribution is 2.17. The highest BCUT2D eigenvalue weighted by Gasteiger charge is 2.24. The molecule has 0 saturated carbocycles. The topological polar surface area (TPSA) is 75.3 Å². The molecule has 0 fully saturated rings. The van der Waals surface area contributed by atoms with E-state index in [9.17, 15) is 14.3 Å². The Labute approximate surface area is 112 Å². The number of hydrogen-bond donors (Lipinski definition) is 3. The Kier molecular flexibility index (Phi) is 5.44. The Morgan fingerprint density at radius 1 is 1.42 bits per heavy atom. The van der Waals surface area contributed by atoms with Crippen molar-refractivity contribution in [2.75, 3.05) is 6.61 Å². The van der Waals surface area contributed by atoms with Crippen molar-refractivity contribution >= 4 is 5.91 Å². The van der Waals surface area contributed by atoms with Gasteiger partial charge in [0.05, 0.1) is 6.61 Å². The fourth-order valence-corrected chi connectivity index (χ4v) is 1.93. The molecule has 1 aromatic carbocycles. The molecule has 0 unspecified atom stereocenters. The lowest BCUT2D eigenvalue weighted by molar-refractivity contribution is 0.1000. The zero-order chi connectivity index (χ0) is 14.5. The van der Waals surface area contributed by atoms with E-state index in [1.165, 1.54) is 18.2 Å². The summed E-state index contributed by atoms with van der Waals surface area (Å²) >= 11 is 0. The number of carbonyl (C=O) groups is 1. The monoisotopic (exact) mass is 268 g/mol. The van der Waals surface area contributed by atoms with E-state index in [-0.39, 0.29) is 18.7 Å². The van der Waals surface area contributed by atoms with Crippen LogP contribution in [0.3, 0.4) is 0 Å². The van der Waals surface area contributed by atoms with Crippen LogP contribution in [0.5, 0.6) is 0 Å². The standard InChI is InChI=1S/C14H21FN2O2/c1-3-14(4-2,9-18)17-8-11-7-10(13(16)19)5-6-12(11)15/h5-7,17-18H,3-4,8-9H2,1-2H3,(H2,16,19). The zero-order valence-corrected chi connectivity index (χ0v) is 11.4. The minimum absolute atomic E-state index is 0.0167. The summed E-state index contributed by atoms with van der Waals surface area (Å²) in [7, 11) is 0. The quantitative estimate of drug-likeness (QED) is 0.702. The molecule has 0 aliphatic carbocycles. The highest BCUT2D eigenvalue weighted by atomic mass is 19.1. The molecule has 0 heterocycles. The normalized spacial score (nSPS) is 11.6. The number of rotatable bonds is 7. The van der Waals surface area contributed by atoms with Crippen molar-refractivity contribution in [1.82, 2.24) is 5.32 Å². The molecule has 0 spiro atoms. The second-order valence-electron chi connectivity index (χ2n) is 4.67. The third-order valence-electron chi connectivity index (χ3n) is 3.64. The van der Waals surface area contributed by atoms with E-state index in [0.717, 1.165) is 12.8 Å². The van der Waals surface area contributed by atoms with Crippen molar-refractivity contribution in [3.8, 4) is 0 Å². The molecular formula is C14H21FN2O2. The van der Waals surface area contributed by atoms with Gasteiger partial charge in [-0.3, -0.25) is 4.79 Å². The minimum Gasteiger partial charge on any atom is -0.394 e. The largest absolute Gasteiger partial charge is 0.394 e. The second-order valence-corrected chi connectivity index (χ2v) is 4.67. The maximum absolute atomic E-state index is 13.7. The average Bonchev–Trinajstić information content (AvgIpc) is 2.42. The Balaban J connectivity index is 2.87. The number of aliphatic hydroxyl groups excluding tert-OH is 1. The van der Waals surface area contributed by atoms with Crippen LogP contribution in [0.15, 0.2) is 18.2 Å². The van der Waals surface area contributed by atoms with Gasteiger partial charge >= 0.3 is 0 Å². The first-order chi connectivity index (χ1) is 8.98. The first-order valence-electron chi connectivity index (χ1n) is 6.42. The molecule has 0 aliphatic heterocycles. The number of nitrogens with one attached hydrogen (secondary N) is 1. The van der Waals surface area contributed by atoms with E-state index in [0.29, 0.717) is 5.56 Å².